The van der Waals surface area contributed by atoms with Gasteiger partial charge in [-0.2, -0.15) is 0 Å². The fraction of sp³-hybridized carbons (Fsp3) is 0.545. The molecule has 1 aliphatic rings. The average molecular weight is 296 g/mol. The Kier molecular flexibility index (Phi) is 3.26. The van der Waals surface area contributed by atoms with Gasteiger partial charge in [0.25, 0.3) is 0 Å². The van der Waals surface area contributed by atoms with Crippen LogP contribution in [0.2, 0.25) is 0 Å². The quantitative estimate of drug-likeness (QED) is 0.469. The van der Waals surface area contributed by atoms with Crippen LogP contribution in [0, 0.1) is 0 Å². The van der Waals surface area contributed by atoms with Crippen LogP contribution in [0.15, 0.2) is 12.7 Å². The second kappa shape index (κ2) is 4.86. The second-order valence-corrected chi connectivity index (χ2v) is 4.79. The van der Waals surface area contributed by atoms with Crippen molar-refractivity contribution in [2.75, 3.05) is 19.5 Å². The Bertz CT molecular complexity index is 663. The molecule has 0 unspecified atom stereocenters. The highest BCUT2D eigenvalue weighted by molar-refractivity contribution is 5.81. The predicted octanol–water partition coefficient (Wildman–Crippen LogP) is -2.04. The van der Waals surface area contributed by atoms with Crippen molar-refractivity contribution in [3.63, 3.8) is 0 Å². The molecule has 0 aliphatic carbocycles. The molecule has 0 bridgehead atoms. The van der Waals surface area contributed by atoms with E-state index >= 15 is 0 Å². The Morgan fingerprint density at radius 2 is 2.24 bits per heavy atom. The van der Waals surface area contributed by atoms with Crippen molar-refractivity contribution in [3.05, 3.63) is 12.7 Å². The van der Waals surface area contributed by atoms with Gasteiger partial charge in [-0.15, -0.1) is 0 Å². The van der Waals surface area contributed by atoms with Crippen molar-refractivity contribution in [1.82, 2.24) is 19.5 Å². The van der Waals surface area contributed by atoms with Crippen molar-refractivity contribution in [2.45, 2.75) is 24.2 Å². The predicted molar refractivity (Wildman–Crippen MR) is 70.7 cm³/mol. The molecule has 2 aromatic heterocycles. The van der Waals surface area contributed by atoms with Gasteiger partial charge in [-0.05, 0) is 0 Å². The van der Waals surface area contributed by atoms with Crippen LogP contribution in [0.3, 0.4) is 0 Å². The summed E-state index contributed by atoms with van der Waals surface area (Å²) in [6.07, 6.45) is -0.303. The van der Waals surface area contributed by atoms with E-state index in [-0.39, 0.29) is 5.82 Å². The first-order valence-corrected chi connectivity index (χ1v) is 6.24. The Morgan fingerprint density at radius 3 is 2.90 bits per heavy atom. The number of fused-ring (bicyclic) bond motifs is 1. The third-order valence-corrected chi connectivity index (χ3v) is 3.68. The highest BCUT2D eigenvalue weighted by Crippen LogP contribution is 2.38. The third-order valence-electron chi connectivity index (χ3n) is 3.68. The van der Waals surface area contributed by atoms with Crippen LogP contribution in [-0.2, 0) is 9.47 Å². The average Bonchev–Trinajstić information content (AvgIpc) is 3.01. The molecule has 2 aromatic rings. The molecule has 0 radical (unpaired) electrons. The van der Waals surface area contributed by atoms with E-state index in [0.717, 1.165) is 0 Å². The maximum absolute atomic E-state index is 10.2. The fourth-order valence-corrected chi connectivity index (χ4v) is 2.47. The standard InChI is InChI=1S/C11H16N6O4/c1-20-11(13)7(19)5(2-18)21-10(11)17-4-16-6-8(12)14-3-15-9(6)17/h3-5,7,10,18-19H,2,13H2,1H3,(H2,12,14,15)/t5-,7-,10-,11-/m1/s1. The van der Waals surface area contributed by atoms with Gasteiger partial charge in [0.2, 0.25) is 0 Å². The lowest BCUT2D eigenvalue weighted by Crippen LogP contribution is -2.56. The Labute approximate surface area is 119 Å². The van der Waals surface area contributed by atoms with Gasteiger partial charge in [-0.3, -0.25) is 10.3 Å². The molecule has 1 aliphatic heterocycles. The van der Waals surface area contributed by atoms with Crippen LogP contribution >= 0.6 is 0 Å². The maximum atomic E-state index is 10.2. The maximum Gasteiger partial charge on any atom is 0.190 e. The highest BCUT2D eigenvalue weighted by atomic mass is 16.6. The summed E-state index contributed by atoms with van der Waals surface area (Å²) in [6.45, 7) is -0.399. The number of anilines is 1. The third kappa shape index (κ3) is 1.88. The first kappa shape index (κ1) is 14.1. The zero-order valence-corrected chi connectivity index (χ0v) is 11.2. The number of nitrogens with zero attached hydrogens (tertiary/aromatic N) is 4. The topological polar surface area (TPSA) is 155 Å². The number of rotatable bonds is 3. The zero-order chi connectivity index (χ0) is 15.2. The van der Waals surface area contributed by atoms with Crippen LogP contribution in [0.25, 0.3) is 11.2 Å². The number of nitrogen functional groups attached to an aromatic ring is 1. The smallest absolute Gasteiger partial charge is 0.190 e. The second-order valence-electron chi connectivity index (χ2n) is 4.79. The lowest BCUT2D eigenvalue weighted by molar-refractivity contribution is -0.127. The number of aliphatic hydroxyl groups is 2. The van der Waals surface area contributed by atoms with Crippen molar-refractivity contribution >= 4 is 17.0 Å². The molecule has 0 saturated carbocycles. The summed E-state index contributed by atoms with van der Waals surface area (Å²) in [5, 5.41) is 19.4. The van der Waals surface area contributed by atoms with Crippen molar-refractivity contribution < 1.29 is 19.7 Å². The molecular weight excluding hydrogens is 280 g/mol. The van der Waals surface area contributed by atoms with Gasteiger partial charge in [-0.1, -0.05) is 0 Å². The number of ether oxygens (including phenoxy) is 2. The number of nitrogens with two attached hydrogens (primary N) is 2. The number of hydrogen-bond acceptors (Lipinski definition) is 9. The summed E-state index contributed by atoms with van der Waals surface area (Å²) in [5.74, 6) is 0.219. The number of aliphatic hydroxyl groups excluding tert-OH is 2. The van der Waals surface area contributed by atoms with Crippen LogP contribution < -0.4 is 11.5 Å². The fourth-order valence-electron chi connectivity index (χ4n) is 2.47. The van der Waals surface area contributed by atoms with Gasteiger partial charge in [0, 0.05) is 7.11 Å². The Hall–Kier alpha value is -1.85. The van der Waals surface area contributed by atoms with E-state index in [4.69, 9.17) is 20.9 Å². The molecule has 0 aromatic carbocycles. The van der Waals surface area contributed by atoms with E-state index in [1.54, 1.807) is 0 Å². The van der Waals surface area contributed by atoms with Crippen molar-refractivity contribution in [1.29, 1.82) is 0 Å². The van der Waals surface area contributed by atoms with Gasteiger partial charge >= 0.3 is 0 Å². The summed E-state index contributed by atoms with van der Waals surface area (Å²) in [4.78, 5) is 12.1. The summed E-state index contributed by atoms with van der Waals surface area (Å²) < 4.78 is 12.3. The number of hydrogen-bond donors (Lipinski definition) is 4. The molecule has 10 nitrogen and oxygen atoms in total. The van der Waals surface area contributed by atoms with Gasteiger partial charge in [0.15, 0.2) is 23.4 Å². The molecule has 0 spiro atoms. The summed E-state index contributed by atoms with van der Waals surface area (Å²) in [7, 11) is 1.35. The van der Waals surface area contributed by atoms with Gasteiger partial charge in [-0.25, -0.2) is 15.0 Å². The molecule has 6 N–H and O–H groups in total. The normalized spacial score (nSPS) is 32.9. The molecule has 3 rings (SSSR count). The molecular formula is C11H16N6O4. The van der Waals surface area contributed by atoms with Crippen molar-refractivity contribution in [3.8, 4) is 0 Å². The van der Waals surface area contributed by atoms with E-state index in [1.807, 2.05) is 0 Å². The summed E-state index contributed by atoms with van der Waals surface area (Å²) in [5.41, 5.74) is 11.1. The van der Waals surface area contributed by atoms with Crippen molar-refractivity contribution in [2.24, 2.45) is 5.73 Å². The van der Waals surface area contributed by atoms with E-state index in [0.29, 0.717) is 11.2 Å². The monoisotopic (exact) mass is 296 g/mol. The Balaban J connectivity index is 2.11. The molecule has 0 amide bonds. The lowest BCUT2D eigenvalue weighted by atomic mass is 10.0. The number of methoxy groups -OCH3 is 1. The van der Waals surface area contributed by atoms with E-state index in [1.165, 1.54) is 24.3 Å². The first-order valence-electron chi connectivity index (χ1n) is 6.24. The number of imidazole rings is 1. The minimum absolute atomic E-state index is 0.219. The number of aromatic nitrogens is 4. The van der Waals surface area contributed by atoms with E-state index in [9.17, 15) is 10.2 Å². The molecule has 10 heteroatoms. The van der Waals surface area contributed by atoms with E-state index < -0.39 is 30.8 Å². The first-order chi connectivity index (χ1) is 10.0. The highest BCUT2D eigenvalue weighted by Gasteiger charge is 2.55. The van der Waals surface area contributed by atoms with Crippen LogP contribution in [0.4, 0.5) is 5.82 Å². The van der Waals surface area contributed by atoms with Crippen LogP contribution in [0.1, 0.15) is 6.23 Å². The minimum Gasteiger partial charge on any atom is -0.394 e. The molecule has 3 heterocycles. The van der Waals surface area contributed by atoms with Crippen LogP contribution in [0.5, 0.6) is 0 Å². The molecule has 114 valence electrons. The van der Waals surface area contributed by atoms with Gasteiger partial charge in [0.05, 0.1) is 12.9 Å². The van der Waals surface area contributed by atoms with E-state index in [2.05, 4.69) is 15.0 Å². The lowest BCUT2D eigenvalue weighted by Gasteiger charge is -2.31. The minimum atomic E-state index is -1.55. The Morgan fingerprint density at radius 1 is 1.48 bits per heavy atom. The largest absolute Gasteiger partial charge is 0.394 e. The molecule has 1 saturated heterocycles. The molecule has 4 atom stereocenters. The summed E-state index contributed by atoms with van der Waals surface area (Å²) in [6, 6.07) is 0. The van der Waals surface area contributed by atoms with Gasteiger partial charge in [0.1, 0.15) is 24.1 Å². The summed E-state index contributed by atoms with van der Waals surface area (Å²) >= 11 is 0. The van der Waals surface area contributed by atoms with Crippen LogP contribution in [-0.4, -0.2) is 61.4 Å². The zero-order valence-electron chi connectivity index (χ0n) is 11.2. The molecule has 1 fully saturated rings. The SMILES string of the molecule is CO[C@]1(N)[C@H](O)[C@@H](CO)O[C@H]1n1cnc2c(N)ncnc21. The van der Waals surface area contributed by atoms with Gasteiger partial charge < -0.3 is 25.4 Å². The molecule has 21 heavy (non-hydrogen) atoms.